The van der Waals surface area contributed by atoms with E-state index >= 15 is 0 Å². The Morgan fingerprint density at radius 3 is 2.81 bits per heavy atom. The van der Waals surface area contributed by atoms with E-state index in [9.17, 15) is 8.42 Å². The largest absolute Gasteiger partial charge is 0.372 e. The van der Waals surface area contributed by atoms with Crippen molar-refractivity contribution in [2.45, 2.75) is 36.7 Å². The summed E-state index contributed by atoms with van der Waals surface area (Å²) in [5.41, 5.74) is 0.590. The average molecular weight is 309 g/mol. The van der Waals surface area contributed by atoms with Crippen LogP contribution >= 0.6 is 0 Å². The van der Waals surface area contributed by atoms with E-state index < -0.39 is 10.0 Å². The maximum absolute atomic E-state index is 12.5. The second-order valence-corrected chi connectivity index (χ2v) is 6.90. The third kappa shape index (κ3) is 3.94. The second kappa shape index (κ2) is 6.89. The van der Waals surface area contributed by atoms with E-state index in [-0.39, 0.29) is 17.5 Å². The molecular weight excluding hydrogens is 290 g/mol. The normalized spacial score (nSPS) is 16.0. The van der Waals surface area contributed by atoms with Crippen LogP contribution in [0.1, 0.15) is 25.7 Å². The molecule has 0 aliphatic heterocycles. The van der Waals surface area contributed by atoms with Crippen LogP contribution in [0.4, 0.5) is 5.69 Å². The average Bonchev–Trinajstić information content (AvgIpc) is 2.98. The fraction of sp³-hybridized carbons (Fsp3) is 0.500. The summed E-state index contributed by atoms with van der Waals surface area (Å²) in [5.74, 6) is 0. The van der Waals surface area contributed by atoms with Crippen LogP contribution in [0.15, 0.2) is 29.2 Å². The van der Waals surface area contributed by atoms with Crippen LogP contribution in [0.3, 0.4) is 0 Å². The summed E-state index contributed by atoms with van der Waals surface area (Å²) in [6, 6.07) is 8.32. The molecule has 0 unspecified atom stereocenters. The minimum absolute atomic E-state index is 0.0235. The van der Waals surface area contributed by atoms with Crippen molar-refractivity contribution >= 4 is 15.7 Å². The molecule has 7 heteroatoms. The molecule has 1 aliphatic rings. The Hall–Kier alpha value is -1.62. The lowest BCUT2D eigenvalue weighted by Crippen LogP contribution is -2.31. The highest BCUT2D eigenvalue weighted by molar-refractivity contribution is 7.89. The van der Waals surface area contributed by atoms with Crippen molar-refractivity contribution in [1.82, 2.24) is 4.47 Å². The van der Waals surface area contributed by atoms with Crippen LogP contribution in [0.25, 0.3) is 0 Å². The predicted molar refractivity (Wildman–Crippen MR) is 78.8 cm³/mol. The fourth-order valence-corrected chi connectivity index (χ4v) is 3.38. The number of hydrogen-bond donors (Lipinski definition) is 1. The third-order valence-electron chi connectivity index (χ3n) is 3.44. The van der Waals surface area contributed by atoms with Crippen molar-refractivity contribution in [1.29, 1.82) is 5.26 Å². The van der Waals surface area contributed by atoms with Crippen molar-refractivity contribution in [2.24, 2.45) is 0 Å². The molecule has 0 radical (unpaired) electrons. The first kappa shape index (κ1) is 15.8. The minimum Gasteiger partial charge on any atom is -0.372 e. The van der Waals surface area contributed by atoms with Crippen LogP contribution < -0.4 is 5.32 Å². The number of nitrogens with zero attached hydrogens (tertiary/aromatic N) is 2. The van der Waals surface area contributed by atoms with Gasteiger partial charge in [-0.05, 0) is 31.0 Å². The van der Waals surface area contributed by atoms with E-state index in [4.69, 9.17) is 10.1 Å². The van der Waals surface area contributed by atoms with Gasteiger partial charge in [-0.3, -0.25) is 4.84 Å². The van der Waals surface area contributed by atoms with Gasteiger partial charge in [0.05, 0.1) is 17.1 Å². The molecule has 1 aromatic rings. The molecule has 1 aliphatic carbocycles. The first-order chi connectivity index (χ1) is 10.0. The molecule has 1 N–H and O–H groups in total. The van der Waals surface area contributed by atoms with Gasteiger partial charge in [0.2, 0.25) is 0 Å². The molecule has 0 bridgehead atoms. The molecule has 0 atom stereocenters. The van der Waals surface area contributed by atoms with Gasteiger partial charge in [-0.1, -0.05) is 23.4 Å². The molecule has 1 aromatic carbocycles. The summed E-state index contributed by atoms with van der Waals surface area (Å²) in [4.78, 5) is 5.67. The van der Waals surface area contributed by atoms with Gasteiger partial charge in [-0.25, -0.2) is 8.42 Å². The monoisotopic (exact) mass is 309 g/mol. The Morgan fingerprint density at radius 2 is 2.14 bits per heavy atom. The van der Waals surface area contributed by atoms with Crippen LogP contribution in [0, 0.1) is 11.3 Å². The molecular formula is C14H19N3O3S. The van der Waals surface area contributed by atoms with E-state index in [1.807, 2.05) is 6.07 Å². The zero-order valence-electron chi connectivity index (χ0n) is 11.9. The van der Waals surface area contributed by atoms with Crippen molar-refractivity contribution in [3.05, 3.63) is 24.3 Å². The molecule has 2 rings (SSSR count). The Morgan fingerprint density at radius 1 is 1.43 bits per heavy atom. The van der Waals surface area contributed by atoms with Crippen molar-refractivity contribution in [3.63, 3.8) is 0 Å². The van der Waals surface area contributed by atoms with E-state index in [0.29, 0.717) is 5.69 Å². The molecule has 0 aromatic heterocycles. The Balaban J connectivity index is 2.12. The van der Waals surface area contributed by atoms with E-state index in [0.717, 1.165) is 30.2 Å². The van der Waals surface area contributed by atoms with Gasteiger partial charge in [0.25, 0.3) is 10.0 Å². The second-order valence-electron chi connectivity index (χ2n) is 4.97. The molecule has 0 amide bonds. The summed E-state index contributed by atoms with van der Waals surface area (Å²) in [5, 5.41) is 11.4. The van der Waals surface area contributed by atoms with Crippen LogP contribution in [-0.4, -0.2) is 32.6 Å². The molecule has 0 saturated heterocycles. The molecule has 0 spiro atoms. The summed E-state index contributed by atoms with van der Waals surface area (Å²) in [6.07, 6.45) is 3.91. The summed E-state index contributed by atoms with van der Waals surface area (Å²) < 4.78 is 25.9. The van der Waals surface area contributed by atoms with Gasteiger partial charge >= 0.3 is 0 Å². The highest BCUT2D eigenvalue weighted by Crippen LogP contribution is 2.25. The number of anilines is 1. The summed E-state index contributed by atoms with van der Waals surface area (Å²) in [6.45, 7) is 0.123. The first-order valence-electron chi connectivity index (χ1n) is 6.90. The zero-order chi connectivity index (χ0) is 15.3. The van der Waals surface area contributed by atoms with E-state index in [1.165, 1.54) is 19.2 Å². The molecule has 114 valence electrons. The van der Waals surface area contributed by atoms with Gasteiger partial charge in [0.15, 0.2) is 0 Å². The molecule has 6 nitrogen and oxygen atoms in total. The Bertz CT molecular complexity index is 619. The van der Waals surface area contributed by atoms with Gasteiger partial charge in [-0.2, -0.15) is 5.26 Å². The topological polar surface area (TPSA) is 82.4 Å². The number of rotatable bonds is 6. The fourth-order valence-electron chi connectivity index (χ4n) is 2.32. The van der Waals surface area contributed by atoms with Gasteiger partial charge in [0, 0.05) is 12.7 Å². The van der Waals surface area contributed by atoms with Gasteiger partial charge < -0.3 is 5.32 Å². The number of nitriles is 1. The lowest BCUT2D eigenvalue weighted by Gasteiger charge is -2.21. The van der Waals surface area contributed by atoms with Crippen LogP contribution in [0.5, 0.6) is 0 Å². The van der Waals surface area contributed by atoms with Crippen LogP contribution in [-0.2, 0) is 14.9 Å². The van der Waals surface area contributed by atoms with Crippen molar-refractivity contribution in [3.8, 4) is 6.07 Å². The number of nitrogens with one attached hydrogen (secondary N) is 1. The Kier molecular flexibility index (Phi) is 5.17. The molecule has 1 fully saturated rings. The minimum atomic E-state index is -3.69. The van der Waals surface area contributed by atoms with E-state index in [1.54, 1.807) is 12.1 Å². The number of hydroxylamine groups is 1. The van der Waals surface area contributed by atoms with E-state index in [2.05, 4.69) is 5.32 Å². The van der Waals surface area contributed by atoms with Crippen LogP contribution in [0.2, 0.25) is 0 Å². The summed E-state index contributed by atoms with van der Waals surface area (Å²) >= 11 is 0. The zero-order valence-corrected chi connectivity index (χ0v) is 12.8. The lowest BCUT2D eigenvalue weighted by atomic mass is 10.3. The highest BCUT2D eigenvalue weighted by atomic mass is 32.2. The summed E-state index contributed by atoms with van der Waals surface area (Å²) in [7, 11) is -2.27. The Labute approximate surface area is 125 Å². The maximum Gasteiger partial charge on any atom is 0.264 e. The standard InChI is InChI=1S/C14H19N3O3S/c1-17(20-13-6-2-3-7-13)21(18,19)14-8-4-5-12(11-14)16-10-9-15/h4-5,8,11,13,16H,2-3,6-7,10H2,1H3. The van der Waals surface area contributed by atoms with Crippen molar-refractivity contribution < 1.29 is 13.3 Å². The molecule has 21 heavy (non-hydrogen) atoms. The maximum atomic E-state index is 12.5. The first-order valence-corrected chi connectivity index (χ1v) is 8.34. The number of hydrogen-bond acceptors (Lipinski definition) is 5. The smallest absolute Gasteiger partial charge is 0.264 e. The number of benzene rings is 1. The van der Waals surface area contributed by atoms with Crippen molar-refractivity contribution in [2.75, 3.05) is 18.9 Å². The quantitative estimate of drug-likeness (QED) is 0.643. The third-order valence-corrected chi connectivity index (χ3v) is 5.05. The highest BCUT2D eigenvalue weighted by Gasteiger charge is 2.26. The van der Waals surface area contributed by atoms with Gasteiger partial charge in [-0.15, -0.1) is 0 Å². The van der Waals surface area contributed by atoms with Gasteiger partial charge in [0.1, 0.15) is 6.54 Å². The lowest BCUT2D eigenvalue weighted by molar-refractivity contribution is -0.113. The SMILES string of the molecule is CN(OC1CCCC1)S(=O)(=O)c1cccc(NCC#N)c1. The molecule has 1 saturated carbocycles. The predicted octanol–water partition coefficient (Wildman–Crippen LogP) is 2.12. The molecule has 0 heterocycles. The number of sulfonamides is 1.